The molecule has 0 aliphatic carbocycles. The van der Waals surface area contributed by atoms with Gasteiger partial charge < -0.3 is 24.7 Å². The minimum atomic E-state index is 0. The first-order valence-electron chi connectivity index (χ1n) is 12.5. The second-order valence-corrected chi connectivity index (χ2v) is 9.29. The van der Waals surface area contributed by atoms with E-state index in [1.807, 2.05) is 13.8 Å². The number of ether oxygens (including phenoxy) is 1. The van der Waals surface area contributed by atoms with E-state index < -0.39 is 0 Å². The standard InChI is InChI=1S/C24H44N6O2.HI/c1-5-25-24(28-22-9-14-29(15-10-22)11-6-16-31-4)26-17-21-7-12-30(13-8-21)18-23-27-19(2)20(3)32-23;/h21-22H,5-18H2,1-4H3,(H2,25,26,28);1H. The lowest BCUT2D eigenvalue weighted by molar-refractivity contribution is 0.155. The van der Waals surface area contributed by atoms with Gasteiger partial charge in [-0.2, -0.15) is 0 Å². The number of aryl methyl sites for hydroxylation is 2. The van der Waals surface area contributed by atoms with Gasteiger partial charge in [-0.05, 0) is 71.9 Å². The molecular formula is C24H45IN6O2. The summed E-state index contributed by atoms with van der Waals surface area (Å²) in [6, 6.07) is 0.515. The van der Waals surface area contributed by atoms with Crippen LogP contribution in [0.1, 0.15) is 56.4 Å². The highest BCUT2D eigenvalue weighted by Gasteiger charge is 2.22. The predicted molar refractivity (Wildman–Crippen MR) is 144 cm³/mol. The van der Waals surface area contributed by atoms with Gasteiger partial charge in [0.25, 0.3) is 0 Å². The fourth-order valence-electron chi connectivity index (χ4n) is 4.59. The number of oxazole rings is 1. The van der Waals surface area contributed by atoms with Crippen LogP contribution in [0.3, 0.4) is 0 Å². The minimum absolute atomic E-state index is 0. The first kappa shape index (κ1) is 28.3. The number of nitrogens with zero attached hydrogens (tertiary/aromatic N) is 4. The SMILES string of the molecule is CCNC(=NCC1CCN(Cc2nc(C)c(C)o2)CC1)NC1CCN(CCCOC)CC1.I. The lowest BCUT2D eigenvalue weighted by Crippen LogP contribution is -2.49. The maximum Gasteiger partial charge on any atom is 0.208 e. The number of methoxy groups -OCH3 is 1. The van der Waals surface area contributed by atoms with Crippen LogP contribution in [-0.4, -0.2) is 86.3 Å². The van der Waals surface area contributed by atoms with Gasteiger partial charge in [0.2, 0.25) is 5.89 Å². The van der Waals surface area contributed by atoms with Crippen LogP contribution < -0.4 is 10.6 Å². The van der Waals surface area contributed by atoms with Crippen molar-refractivity contribution in [1.29, 1.82) is 0 Å². The summed E-state index contributed by atoms with van der Waals surface area (Å²) in [5, 5.41) is 7.14. The minimum Gasteiger partial charge on any atom is -0.444 e. The molecule has 2 saturated heterocycles. The number of halogens is 1. The molecule has 33 heavy (non-hydrogen) atoms. The van der Waals surface area contributed by atoms with Crippen LogP contribution in [0.5, 0.6) is 0 Å². The summed E-state index contributed by atoms with van der Waals surface area (Å²) in [5.41, 5.74) is 1.00. The zero-order valence-electron chi connectivity index (χ0n) is 21.1. The van der Waals surface area contributed by atoms with Gasteiger partial charge in [0.15, 0.2) is 5.96 Å². The maximum atomic E-state index is 5.75. The Labute approximate surface area is 217 Å². The molecule has 0 amide bonds. The van der Waals surface area contributed by atoms with E-state index in [2.05, 4.69) is 32.3 Å². The zero-order valence-corrected chi connectivity index (χ0v) is 23.4. The molecule has 0 radical (unpaired) electrons. The van der Waals surface area contributed by atoms with Gasteiger partial charge in [0.1, 0.15) is 5.76 Å². The predicted octanol–water partition coefficient (Wildman–Crippen LogP) is 3.18. The van der Waals surface area contributed by atoms with E-state index in [1.165, 1.54) is 25.7 Å². The topological polar surface area (TPSA) is 78.2 Å². The van der Waals surface area contributed by atoms with Gasteiger partial charge in [-0.1, -0.05) is 0 Å². The first-order chi connectivity index (χ1) is 15.6. The Bertz CT molecular complexity index is 678. The van der Waals surface area contributed by atoms with Crippen LogP contribution in [0.25, 0.3) is 0 Å². The molecule has 0 unspecified atom stereocenters. The molecule has 8 nitrogen and oxygen atoms in total. The van der Waals surface area contributed by atoms with E-state index in [9.17, 15) is 0 Å². The Hall–Kier alpha value is -0.910. The van der Waals surface area contributed by atoms with Gasteiger partial charge in [0, 0.05) is 52.5 Å². The van der Waals surface area contributed by atoms with Crippen LogP contribution >= 0.6 is 24.0 Å². The summed E-state index contributed by atoms with van der Waals surface area (Å²) in [4.78, 5) is 14.5. The fraction of sp³-hybridized carbons (Fsp3) is 0.833. The van der Waals surface area contributed by atoms with Crippen LogP contribution in [0.15, 0.2) is 9.41 Å². The van der Waals surface area contributed by atoms with Crippen LogP contribution in [0.2, 0.25) is 0 Å². The average Bonchev–Trinajstić information content (AvgIpc) is 3.11. The molecule has 0 aromatic carbocycles. The number of piperidine rings is 2. The van der Waals surface area contributed by atoms with Crippen molar-refractivity contribution >= 4 is 29.9 Å². The molecule has 3 heterocycles. The molecule has 3 rings (SSSR count). The molecule has 2 N–H and O–H groups in total. The molecule has 9 heteroatoms. The third kappa shape index (κ3) is 9.70. The van der Waals surface area contributed by atoms with E-state index >= 15 is 0 Å². The monoisotopic (exact) mass is 576 g/mol. The average molecular weight is 577 g/mol. The van der Waals surface area contributed by atoms with Crippen LogP contribution in [0.4, 0.5) is 0 Å². The molecule has 0 atom stereocenters. The number of aromatic nitrogens is 1. The lowest BCUT2D eigenvalue weighted by atomic mass is 9.97. The van der Waals surface area contributed by atoms with Crippen molar-refractivity contribution in [3.8, 4) is 0 Å². The van der Waals surface area contributed by atoms with Crippen molar-refractivity contribution < 1.29 is 9.15 Å². The first-order valence-corrected chi connectivity index (χ1v) is 12.5. The van der Waals surface area contributed by atoms with E-state index in [4.69, 9.17) is 14.1 Å². The van der Waals surface area contributed by atoms with Gasteiger partial charge in [-0.15, -0.1) is 24.0 Å². The van der Waals surface area contributed by atoms with Crippen LogP contribution in [0, 0.1) is 19.8 Å². The Morgan fingerprint density at radius 3 is 2.42 bits per heavy atom. The number of aliphatic imine (C=N–C) groups is 1. The number of nitrogens with one attached hydrogen (secondary N) is 2. The van der Waals surface area contributed by atoms with Crippen molar-refractivity contribution in [2.45, 2.75) is 65.5 Å². The summed E-state index contributed by atoms with van der Waals surface area (Å²) in [6.07, 6.45) is 5.84. The Morgan fingerprint density at radius 2 is 1.82 bits per heavy atom. The summed E-state index contributed by atoms with van der Waals surface area (Å²) in [6.45, 7) is 15.2. The quantitative estimate of drug-likeness (QED) is 0.192. The normalized spacial score (nSPS) is 19.5. The third-order valence-electron chi connectivity index (χ3n) is 6.74. The molecule has 1 aromatic rings. The Kier molecular flexibility index (Phi) is 13.0. The van der Waals surface area contributed by atoms with E-state index in [1.54, 1.807) is 7.11 Å². The summed E-state index contributed by atoms with van der Waals surface area (Å²) in [5.74, 6) is 3.42. The van der Waals surface area contributed by atoms with E-state index in [0.717, 1.165) is 88.7 Å². The van der Waals surface area contributed by atoms with Crippen molar-refractivity contribution in [3.05, 3.63) is 17.3 Å². The fourth-order valence-corrected chi connectivity index (χ4v) is 4.59. The van der Waals surface area contributed by atoms with Gasteiger partial charge in [-0.25, -0.2) is 4.98 Å². The summed E-state index contributed by atoms with van der Waals surface area (Å²) in [7, 11) is 1.78. The highest BCUT2D eigenvalue weighted by molar-refractivity contribution is 14.0. The summed E-state index contributed by atoms with van der Waals surface area (Å²) < 4.78 is 10.9. The second-order valence-electron chi connectivity index (χ2n) is 9.29. The molecular weight excluding hydrogens is 531 g/mol. The molecule has 0 saturated carbocycles. The second kappa shape index (κ2) is 15.2. The molecule has 2 aliphatic rings. The van der Waals surface area contributed by atoms with Gasteiger partial charge >= 0.3 is 0 Å². The number of guanidine groups is 1. The van der Waals surface area contributed by atoms with Crippen molar-refractivity contribution in [3.63, 3.8) is 0 Å². The molecule has 0 spiro atoms. The van der Waals surface area contributed by atoms with Crippen molar-refractivity contribution in [2.24, 2.45) is 10.9 Å². The Balaban J connectivity index is 0.00000385. The lowest BCUT2D eigenvalue weighted by Gasteiger charge is -2.33. The number of likely N-dealkylation sites (tertiary alicyclic amines) is 2. The number of hydrogen-bond acceptors (Lipinski definition) is 6. The van der Waals surface area contributed by atoms with Gasteiger partial charge in [-0.3, -0.25) is 9.89 Å². The van der Waals surface area contributed by atoms with Crippen LogP contribution in [-0.2, 0) is 11.3 Å². The molecule has 0 bridgehead atoms. The Morgan fingerprint density at radius 1 is 1.12 bits per heavy atom. The van der Waals surface area contributed by atoms with Gasteiger partial charge in [0.05, 0.1) is 12.2 Å². The molecule has 2 aliphatic heterocycles. The molecule has 190 valence electrons. The third-order valence-corrected chi connectivity index (χ3v) is 6.74. The molecule has 1 aromatic heterocycles. The molecule has 2 fully saturated rings. The highest BCUT2D eigenvalue weighted by atomic mass is 127. The summed E-state index contributed by atoms with van der Waals surface area (Å²) >= 11 is 0. The number of hydrogen-bond donors (Lipinski definition) is 2. The zero-order chi connectivity index (χ0) is 22.8. The highest BCUT2D eigenvalue weighted by Crippen LogP contribution is 2.20. The van der Waals surface area contributed by atoms with Crippen molar-refractivity contribution in [1.82, 2.24) is 25.4 Å². The van der Waals surface area contributed by atoms with E-state index in [-0.39, 0.29) is 24.0 Å². The smallest absolute Gasteiger partial charge is 0.208 e. The van der Waals surface area contributed by atoms with Crippen molar-refractivity contribution in [2.75, 3.05) is 59.5 Å². The number of rotatable bonds is 10. The largest absolute Gasteiger partial charge is 0.444 e. The maximum absolute atomic E-state index is 5.75. The van der Waals surface area contributed by atoms with E-state index in [0.29, 0.717) is 12.0 Å².